The quantitative estimate of drug-likeness (QED) is 0.651. The van der Waals surface area contributed by atoms with Gasteiger partial charge in [0.05, 0.1) is 0 Å². The van der Waals surface area contributed by atoms with Gasteiger partial charge in [0.15, 0.2) is 0 Å². The van der Waals surface area contributed by atoms with Crippen LogP contribution in [-0.2, 0) is 13.0 Å². The van der Waals surface area contributed by atoms with Gasteiger partial charge in [-0.2, -0.15) is 0 Å². The van der Waals surface area contributed by atoms with Crippen LogP contribution in [0.4, 0.5) is 0 Å². The summed E-state index contributed by atoms with van der Waals surface area (Å²) in [7, 11) is 0. The van der Waals surface area contributed by atoms with Gasteiger partial charge >= 0.3 is 0 Å². The molecule has 2 heterocycles. The molecule has 2 aliphatic rings. The lowest BCUT2D eigenvalue weighted by atomic mass is 9.91. The van der Waals surface area contributed by atoms with Gasteiger partial charge in [-0.15, -0.1) is 0 Å². The molecule has 0 unspecified atom stereocenters. The van der Waals surface area contributed by atoms with Crippen molar-refractivity contribution in [2.45, 2.75) is 39.2 Å². The Labute approximate surface area is 91.1 Å². The first-order valence-corrected chi connectivity index (χ1v) is 5.97. The second-order valence-corrected chi connectivity index (χ2v) is 4.42. The van der Waals surface area contributed by atoms with Crippen LogP contribution in [0.1, 0.15) is 37.6 Å². The van der Waals surface area contributed by atoms with E-state index in [-0.39, 0.29) is 0 Å². The second kappa shape index (κ2) is 3.41. The lowest BCUT2D eigenvalue weighted by molar-refractivity contribution is 0.626. The molecule has 1 heteroatoms. The smallest absolute Gasteiger partial charge is 0.0482 e. The Hall–Kier alpha value is -1.24. The Bertz CT molecular complexity index is 446. The molecule has 0 N–H and O–H groups in total. The van der Waals surface area contributed by atoms with Crippen molar-refractivity contribution >= 4 is 5.57 Å². The van der Waals surface area contributed by atoms with Gasteiger partial charge in [-0.25, -0.2) is 0 Å². The van der Waals surface area contributed by atoms with Crippen LogP contribution >= 0.6 is 0 Å². The Morgan fingerprint density at radius 1 is 1.27 bits per heavy atom. The first-order chi connectivity index (χ1) is 7.40. The normalized spacial score (nSPS) is 19.0. The Balaban J connectivity index is 2.13. The van der Waals surface area contributed by atoms with Crippen molar-refractivity contribution in [2.75, 3.05) is 0 Å². The highest BCUT2D eigenvalue weighted by Crippen LogP contribution is 2.35. The average Bonchev–Trinajstić information content (AvgIpc) is 2.72. The molecule has 0 fully saturated rings. The SMILES string of the molecule is CCc1ccc2n1CCC1=C2C=CCC1. The number of allylic oxidation sites excluding steroid dienone is 4. The van der Waals surface area contributed by atoms with Crippen LogP contribution in [-0.4, -0.2) is 4.57 Å². The molecule has 1 aromatic heterocycles. The largest absolute Gasteiger partial charge is 0.344 e. The van der Waals surface area contributed by atoms with Crippen LogP contribution in [0.2, 0.25) is 0 Å². The lowest BCUT2D eigenvalue weighted by Gasteiger charge is -2.25. The summed E-state index contributed by atoms with van der Waals surface area (Å²) in [6.45, 7) is 3.43. The summed E-state index contributed by atoms with van der Waals surface area (Å²) < 4.78 is 2.49. The fourth-order valence-corrected chi connectivity index (χ4v) is 2.80. The van der Waals surface area contributed by atoms with Gasteiger partial charge in [-0.1, -0.05) is 24.6 Å². The summed E-state index contributed by atoms with van der Waals surface area (Å²) in [5, 5.41) is 0. The number of aromatic nitrogens is 1. The standard InChI is InChI=1S/C14H17N/c1-2-12-7-8-14-13-6-4-3-5-11(13)9-10-15(12)14/h4,6-8H,2-3,5,9-10H2,1H3. The van der Waals surface area contributed by atoms with Gasteiger partial charge in [-0.3, -0.25) is 0 Å². The minimum atomic E-state index is 1.15. The van der Waals surface area contributed by atoms with E-state index < -0.39 is 0 Å². The van der Waals surface area contributed by atoms with E-state index in [4.69, 9.17) is 0 Å². The van der Waals surface area contributed by atoms with Crippen LogP contribution < -0.4 is 0 Å². The zero-order valence-corrected chi connectivity index (χ0v) is 9.29. The fraction of sp³-hybridized carbons (Fsp3) is 0.429. The Kier molecular flexibility index (Phi) is 2.05. The Morgan fingerprint density at radius 2 is 2.20 bits per heavy atom. The molecule has 15 heavy (non-hydrogen) atoms. The molecule has 0 spiro atoms. The summed E-state index contributed by atoms with van der Waals surface area (Å²) in [5.41, 5.74) is 6.11. The molecular formula is C14H17N. The molecule has 3 rings (SSSR count). The first kappa shape index (κ1) is 9.02. The predicted molar refractivity (Wildman–Crippen MR) is 63.7 cm³/mol. The van der Waals surface area contributed by atoms with E-state index in [1.54, 1.807) is 5.57 Å². The lowest BCUT2D eigenvalue weighted by Crippen LogP contribution is -2.13. The van der Waals surface area contributed by atoms with Crippen molar-refractivity contribution in [1.29, 1.82) is 0 Å². The minimum Gasteiger partial charge on any atom is -0.344 e. The van der Waals surface area contributed by atoms with Crippen molar-refractivity contribution in [3.8, 4) is 0 Å². The van der Waals surface area contributed by atoms with Gasteiger partial charge in [-0.05, 0) is 43.4 Å². The van der Waals surface area contributed by atoms with Crippen LogP contribution in [0.5, 0.6) is 0 Å². The van der Waals surface area contributed by atoms with E-state index in [1.165, 1.54) is 42.8 Å². The molecule has 0 saturated carbocycles. The van der Waals surface area contributed by atoms with E-state index in [9.17, 15) is 0 Å². The third-order valence-electron chi connectivity index (χ3n) is 3.62. The maximum Gasteiger partial charge on any atom is 0.0482 e. The maximum absolute atomic E-state index is 2.49. The third kappa shape index (κ3) is 1.30. The average molecular weight is 199 g/mol. The second-order valence-electron chi connectivity index (χ2n) is 4.42. The predicted octanol–water partition coefficient (Wildman–Crippen LogP) is 3.56. The van der Waals surface area contributed by atoms with Gasteiger partial charge in [0.25, 0.3) is 0 Å². The van der Waals surface area contributed by atoms with Crippen molar-refractivity contribution in [3.05, 3.63) is 41.2 Å². The van der Waals surface area contributed by atoms with Crippen molar-refractivity contribution in [3.63, 3.8) is 0 Å². The molecule has 0 aromatic carbocycles. The highest BCUT2D eigenvalue weighted by Gasteiger charge is 2.19. The zero-order chi connectivity index (χ0) is 10.3. The molecule has 1 aliphatic carbocycles. The number of hydrogen-bond donors (Lipinski definition) is 0. The van der Waals surface area contributed by atoms with E-state index in [0.717, 1.165) is 6.42 Å². The molecule has 0 atom stereocenters. The van der Waals surface area contributed by atoms with Crippen LogP contribution in [0.15, 0.2) is 29.9 Å². The molecule has 1 nitrogen and oxygen atoms in total. The molecular weight excluding hydrogens is 182 g/mol. The van der Waals surface area contributed by atoms with E-state index in [2.05, 4.69) is 35.8 Å². The van der Waals surface area contributed by atoms with Gasteiger partial charge in [0.1, 0.15) is 0 Å². The van der Waals surface area contributed by atoms with Gasteiger partial charge < -0.3 is 4.57 Å². The molecule has 0 bridgehead atoms. The van der Waals surface area contributed by atoms with Crippen molar-refractivity contribution in [1.82, 2.24) is 4.57 Å². The van der Waals surface area contributed by atoms with Gasteiger partial charge in [0.2, 0.25) is 0 Å². The van der Waals surface area contributed by atoms with Crippen molar-refractivity contribution < 1.29 is 0 Å². The van der Waals surface area contributed by atoms with E-state index in [1.807, 2.05) is 0 Å². The first-order valence-electron chi connectivity index (χ1n) is 5.97. The molecule has 0 saturated heterocycles. The highest BCUT2D eigenvalue weighted by molar-refractivity contribution is 5.77. The topological polar surface area (TPSA) is 4.93 Å². The molecule has 1 aliphatic heterocycles. The molecule has 0 amide bonds. The molecule has 1 aromatic rings. The fourth-order valence-electron chi connectivity index (χ4n) is 2.80. The van der Waals surface area contributed by atoms with Gasteiger partial charge in [0, 0.05) is 17.9 Å². The zero-order valence-electron chi connectivity index (χ0n) is 9.29. The maximum atomic E-state index is 2.49. The monoisotopic (exact) mass is 199 g/mol. The highest BCUT2D eigenvalue weighted by atomic mass is 15.0. The summed E-state index contributed by atoms with van der Waals surface area (Å²) in [6.07, 6.45) is 9.55. The van der Waals surface area contributed by atoms with Crippen LogP contribution in [0.3, 0.4) is 0 Å². The summed E-state index contributed by atoms with van der Waals surface area (Å²) in [5.74, 6) is 0. The number of nitrogens with zero attached hydrogens (tertiary/aromatic N) is 1. The van der Waals surface area contributed by atoms with Crippen LogP contribution in [0, 0.1) is 0 Å². The Morgan fingerprint density at radius 3 is 3.07 bits per heavy atom. The number of fused-ring (bicyclic) bond motifs is 2. The molecule has 78 valence electrons. The third-order valence-corrected chi connectivity index (χ3v) is 3.62. The molecule has 0 radical (unpaired) electrons. The number of aryl methyl sites for hydroxylation is 1. The summed E-state index contributed by atoms with van der Waals surface area (Å²) in [6, 6.07) is 4.58. The summed E-state index contributed by atoms with van der Waals surface area (Å²) >= 11 is 0. The van der Waals surface area contributed by atoms with E-state index in [0.29, 0.717) is 0 Å². The van der Waals surface area contributed by atoms with E-state index >= 15 is 0 Å². The number of rotatable bonds is 1. The van der Waals surface area contributed by atoms with Crippen LogP contribution in [0.25, 0.3) is 5.57 Å². The van der Waals surface area contributed by atoms with Crippen molar-refractivity contribution in [2.24, 2.45) is 0 Å². The summed E-state index contributed by atoms with van der Waals surface area (Å²) in [4.78, 5) is 0. The minimum absolute atomic E-state index is 1.15. The number of hydrogen-bond acceptors (Lipinski definition) is 0.